The van der Waals surface area contributed by atoms with E-state index >= 15 is 0 Å². The standard InChI is InChI=1S/C26H30N4O2/c1-26(16-27)10-12-29(13-11-26)15-18-14-21-24(20-7-3-2-6-19(18)20)28-17-30(25(21)32)22-8-4-5-9-23(22)31/h2-3,6-7,14,17,22-23,31H,4-5,8-13,15H2,1H3/t22-,23-/m0/s1. The summed E-state index contributed by atoms with van der Waals surface area (Å²) in [5.74, 6) is 0. The lowest BCUT2D eigenvalue weighted by molar-refractivity contribution is 0.0735. The Morgan fingerprint density at radius 1 is 1.16 bits per heavy atom. The second-order valence-electron chi connectivity index (χ2n) is 9.80. The summed E-state index contributed by atoms with van der Waals surface area (Å²) in [6.45, 7) is 4.55. The number of nitriles is 1. The van der Waals surface area contributed by atoms with Crippen LogP contribution in [0.15, 0.2) is 41.5 Å². The second-order valence-corrected chi connectivity index (χ2v) is 9.80. The van der Waals surface area contributed by atoms with E-state index in [-0.39, 0.29) is 17.0 Å². The van der Waals surface area contributed by atoms with Crippen molar-refractivity contribution in [3.8, 4) is 6.07 Å². The molecule has 2 aliphatic rings. The molecule has 2 aromatic carbocycles. The summed E-state index contributed by atoms with van der Waals surface area (Å²) < 4.78 is 1.66. The smallest absolute Gasteiger partial charge is 0.261 e. The van der Waals surface area contributed by atoms with Gasteiger partial charge in [-0.25, -0.2) is 4.98 Å². The topological polar surface area (TPSA) is 82.2 Å². The van der Waals surface area contributed by atoms with Gasteiger partial charge in [-0.1, -0.05) is 37.1 Å². The zero-order valence-corrected chi connectivity index (χ0v) is 18.6. The molecular weight excluding hydrogens is 400 g/mol. The average Bonchev–Trinajstić information content (AvgIpc) is 2.82. The van der Waals surface area contributed by atoms with E-state index in [4.69, 9.17) is 4.98 Å². The number of aliphatic hydroxyl groups is 1. The minimum atomic E-state index is -0.497. The molecule has 6 nitrogen and oxygen atoms in total. The minimum absolute atomic E-state index is 0.0661. The number of fused-ring (bicyclic) bond motifs is 3. The molecule has 1 saturated heterocycles. The highest BCUT2D eigenvalue weighted by molar-refractivity contribution is 6.06. The zero-order valence-electron chi connectivity index (χ0n) is 18.6. The van der Waals surface area contributed by atoms with Crippen molar-refractivity contribution >= 4 is 21.7 Å². The highest BCUT2D eigenvalue weighted by Gasteiger charge is 2.30. The molecule has 0 bridgehead atoms. The van der Waals surface area contributed by atoms with Gasteiger partial charge in [-0.05, 0) is 62.7 Å². The number of rotatable bonds is 3. The van der Waals surface area contributed by atoms with Gasteiger partial charge < -0.3 is 5.11 Å². The van der Waals surface area contributed by atoms with Crippen LogP contribution in [0.3, 0.4) is 0 Å². The first kappa shape index (κ1) is 21.1. The predicted molar refractivity (Wildman–Crippen MR) is 125 cm³/mol. The monoisotopic (exact) mass is 430 g/mol. The molecule has 2 fully saturated rings. The Balaban J connectivity index is 1.57. The Morgan fingerprint density at radius 2 is 1.88 bits per heavy atom. The lowest BCUT2D eigenvalue weighted by Gasteiger charge is -2.35. The molecule has 5 rings (SSSR count). The number of nitrogens with zero attached hydrogens (tertiary/aromatic N) is 4. The quantitative estimate of drug-likeness (QED) is 0.631. The Labute approximate surface area is 188 Å². The van der Waals surface area contributed by atoms with Crippen LogP contribution in [0.4, 0.5) is 0 Å². The van der Waals surface area contributed by atoms with E-state index in [1.807, 2.05) is 31.2 Å². The third-order valence-corrected chi connectivity index (χ3v) is 7.55. The van der Waals surface area contributed by atoms with Crippen LogP contribution in [0, 0.1) is 16.7 Å². The van der Waals surface area contributed by atoms with Crippen LogP contribution in [-0.4, -0.2) is 38.8 Å². The summed E-state index contributed by atoms with van der Waals surface area (Å²) in [5.41, 5.74) is 1.55. The Hall–Kier alpha value is -2.75. The number of hydrogen-bond donors (Lipinski definition) is 1. The van der Waals surface area contributed by atoms with E-state index in [0.717, 1.165) is 80.0 Å². The number of likely N-dealkylation sites (tertiary alicyclic amines) is 1. The van der Waals surface area contributed by atoms with E-state index in [9.17, 15) is 15.2 Å². The molecule has 0 amide bonds. The van der Waals surface area contributed by atoms with Crippen molar-refractivity contribution in [3.63, 3.8) is 0 Å². The fourth-order valence-corrected chi connectivity index (χ4v) is 5.39. The number of benzene rings is 2. The third-order valence-electron chi connectivity index (χ3n) is 7.55. The van der Waals surface area contributed by atoms with Gasteiger partial charge in [-0.3, -0.25) is 14.3 Å². The lowest BCUT2D eigenvalue weighted by atomic mass is 9.82. The van der Waals surface area contributed by atoms with Crippen LogP contribution in [0.2, 0.25) is 0 Å². The van der Waals surface area contributed by atoms with E-state index in [2.05, 4.69) is 17.0 Å². The second kappa shape index (κ2) is 8.31. The maximum Gasteiger partial charge on any atom is 0.261 e. The largest absolute Gasteiger partial charge is 0.391 e. The highest BCUT2D eigenvalue weighted by Crippen LogP contribution is 2.33. The number of piperidine rings is 1. The van der Waals surface area contributed by atoms with E-state index in [0.29, 0.717) is 5.39 Å². The van der Waals surface area contributed by atoms with Gasteiger partial charge in [0.2, 0.25) is 0 Å². The molecule has 1 aromatic heterocycles. The van der Waals surface area contributed by atoms with Gasteiger partial charge in [0, 0.05) is 11.9 Å². The normalized spacial score (nSPS) is 23.9. The maximum atomic E-state index is 13.5. The molecule has 6 heteroatoms. The van der Waals surface area contributed by atoms with Crippen LogP contribution < -0.4 is 5.56 Å². The van der Waals surface area contributed by atoms with Gasteiger partial charge in [-0.15, -0.1) is 0 Å². The molecule has 0 unspecified atom stereocenters. The van der Waals surface area contributed by atoms with Gasteiger partial charge in [0.15, 0.2) is 0 Å². The van der Waals surface area contributed by atoms with Crippen LogP contribution in [0.1, 0.15) is 57.1 Å². The zero-order chi connectivity index (χ0) is 22.3. The van der Waals surface area contributed by atoms with Gasteiger partial charge in [0.1, 0.15) is 0 Å². The summed E-state index contributed by atoms with van der Waals surface area (Å²) in [6.07, 6.45) is 6.42. The van der Waals surface area contributed by atoms with E-state index in [1.165, 1.54) is 0 Å². The van der Waals surface area contributed by atoms with Crippen LogP contribution in [0.5, 0.6) is 0 Å². The summed E-state index contributed by atoms with van der Waals surface area (Å²) in [7, 11) is 0. The summed E-state index contributed by atoms with van der Waals surface area (Å²) >= 11 is 0. The fourth-order valence-electron chi connectivity index (χ4n) is 5.39. The number of aromatic nitrogens is 2. The molecule has 0 spiro atoms. The van der Waals surface area contributed by atoms with Gasteiger partial charge in [0.25, 0.3) is 5.56 Å². The van der Waals surface area contributed by atoms with Crippen molar-refractivity contribution in [3.05, 3.63) is 52.6 Å². The van der Waals surface area contributed by atoms with Crippen molar-refractivity contribution in [1.29, 1.82) is 5.26 Å². The summed E-state index contributed by atoms with van der Waals surface area (Å²) in [4.78, 5) is 20.6. The van der Waals surface area contributed by atoms with Crippen molar-refractivity contribution in [2.75, 3.05) is 13.1 Å². The molecule has 32 heavy (non-hydrogen) atoms. The lowest BCUT2D eigenvalue weighted by Crippen LogP contribution is -2.37. The Morgan fingerprint density at radius 3 is 2.59 bits per heavy atom. The highest BCUT2D eigenvalue weighted by atomic mass is 16.3. The third kappa shape index (κ3) is 3.70. The van der Waals surface area contributed by atoms with Crippen LogP contribution >= 0.6 is 0 Å². The molecule has 0 radical (unpaired) electrons. The van der Waals surface area contributed by atoms with Gasteiger partial charge in [0.05, 0.1) is 40.9 Å². The van der Waals surface area contributed by atoms with Crippen LogP contribution in [-0.2, 0) is 6.54 Å². The fraction of sp³-hybridized carbons (Fsp3) is 0.500. The molecule has 1 N–H and O–H groups in total. The molecule has 2 heterocycles. The SMILES string of the molecule is CC1(C#N)CCN(Cc2cc3c(=O)n([C@H]4CCCC[C@@H]4O)cnc3c3ccccc23)CC1. The molecule has 2 atom stereocenters. The summed E-state index contributed by atoms with van der Waals surface area (Å²) in [5, 5.41) is 22.7. The first-order valence-electron chi connectivity index (χ1n) is 11.7. The first-order valence-corrected chi connectivity index (χ1v) is 11.7. The van der Waals surface area contributed by atoms with Crippen molar-refractivity contribution in [2.24, 2.45) is 5.41 Å². The predicted octanol–water partition coefficient (Wildman–Crippen LogP) is 4.15. The number of aliphatic hydroxyl groups excluding tert-OH is 1. The Kier molecular flexibility index (Phi) is 5.48. The molecule has 166 valence electrons. The van der Waals surface area contributed by atoms with Crippen molar-refractivity contribution < 1.29 is 5.11 Å². The van der Waals surface area contributed by atoms with Crippen molar-refractivity contribution in [1.82, 2.24) is 14.5 Å². The van der Waals surface area contributed by atoms with E-state index < -0.39 is 6.10 Å². The molecule has 1 saturated carbocycles. The van der Waals surface area contributed by atoms with Gasteiger partial charge in [-0.2, -0.15) is 5.26 Å². The number of hydrogen-bond acceptors (Lipinski definition) is 5. The molecule has 3 aromatic rings. The maximum absolute atomic E-state index is 13.5. The molecule has 1 aliphatic carbocycles. The average molecular weight is 431 g/mol. The summed E-state index contributed by atoms with van der Waals surface area (Å²) in [6, 6.07) is 12.4. The minimum Gasteiger partial charge on any atom is -0.391 e. The van der Waals surface area contributed by atoms with Gasteiger partial charge >= 0.3 is 0 Å². The first-order chi connectivity index (χ1) is 15.5. The molecule has 1 aliphatic heterocycles. The molecular formula is C26H30N4O2. The van der Waals surface area contributed by atoms with Crippen LogP contribution in [0.25, 0.3) is 21.7 Å². The Bertz CT molecular complexity index is 1250. The van der Waals surface area contributed by atoms with Crippen molar-refractivity contribution in [2.45, 2.75) is 64.1 Å². The van der Waals surface area contributed by atoms with E-state index in [1.54, 1.807) is 10.9 Å².